The molecule has 7 nitrogen and oxygen atoms in total. The summed E-state index contributed by atoms with van der Waals surface area (Å²) < 4.78 is 5.87. The summed E-state index contributed by atoms with van der Waals surface area (Å²) in [5.41, 5.74) is -0.681. The van der Waals surface area contributed by atoms with Gasteiger partial charge in [0, 0.05) is 17.7 Å². The topological polar surface area (TPSA) is 100.0 Å². The maximum absolute atomic E-state index is 12.1. The van der Waals surface area contributed by atoms with Crippen LogP contribution in [0.1, 0.15) is 62.4 Å². The second kappa shape index (κ2) is 10.6. The molecule has 1 unspecified atom stereocenters. The van der Waals surface area contributed by atoms with Crippen LogP contribution in [0.4, 0.5) is 4.79 Å². The van der Waals surface area contributed by atoms with E-state index in [9.17, 15) is 14.7 Å². The lowest BCUT2D eigenvalue weighted by Crippen LogP contribution is -2.34. The third-order valence-corrected chi connectivity index (χ3v) is 7.64. The third kappa shape index (κ3) is 6.72. The highest BCUT2D eigenvalue weighted by atomic mass is 32.2. The average Bonchev–Trinajstić information content (AvgIpc) is 3.30. The van der Waals surface area contributed by atoms with Crippen molar-refractivity contribution in [2.45, 2.75) is 67.9 Å². The first kappa shape index (κ1) is 23.1. The summed E-state index contributed by atoms with van der Waals surface area (Å²) in [5, 5.41) is 21.2. The normalized spacial score (nSPS) is 22.4. The van der Waals surface area contributed by atoms with E-state index in [1.807, 2.05) is 19.1 Å². The molecule has 2 heterocycles. The summed E-state index contributed by atoms with van der Waals surface area (Å²) in [6, 6.07) is -0.144. The van der Waals surface area contributed by atoms with E-state index in [0.717, 1.165) is 6.42 Å². The van der Waals surface area contributed by atoms with E-state index in [0.29, 0.717) is 35.6 Å². The van der Waals surface area contributed by atoms with Gasteiger partial charge >= 0.3 is 12.1 Å². The first-order chi connectivity index (χ1) is 14.3. The Bertz CT molecular complexity index is 758. The molecule has 2 aliphatic rings. The van der Waals surface area contributed by atoms with E-state index >= 15 is 0 Å². The van der Waals surface area contributed by atoms with Crippen LogP contribution in [0.3, 0.4) is 0 Å². The Morgan fingerprint density at radius 3 is 2.90 bits per heavy atom. The minimum absolute atomic E-state index is 0.0455. The van der Waals surface area contributed by atoms with Gasteiger partial charge in [-0.25, -0.2) is 14.6 Å². The summed E-state index contributed by atoms with van der Waals surface area (Å²) in [4.78, 5) is 28.7. The summed E-state index contributed by atoms with van der Waals surface area (Å²) in [7, 11) is 0. The van der Waals surface area contributed by atoms with Crippen molar-refractivity contribution in [1.29, 1.82) is 0 Å². The number of aromatic carboxylic acids is 1. The Kier molecular flexibility index (Phi) is 8.19. The number of aromatic nitrogens is 1. The minimum Gasteiger partial charge on any atom is -0.476 e. The number of carboxylic acid groups (broad SMARTS) is 1. The van der Waals surface area contributed by atoms with Crippen LogP contribution < -0.4 is 0 Å². The van der Waals surface area contributed by atoms with Crippen molar-refractivity contribution < 1.29 is 24.5 Å². The van der Waals surface area contributed by atoms with Crippen molar-refractivity contribution >= 4 is 35.2 Å². The molecular formula is C21H30N2O5S2. The molecule has 2 N–H and O–H groups in total. The maximum atomic E-state index is 12.1. The second-order valence-corrected chi connectivity index (χ2v) is 10.5. The molecular weight excluding hydrogens is 424 g/mol. The van der Waals surface area contributed by atoms with E-state index in [4.69, 9.17) is 9.84 Å². The molecule has 1 aliphatic heterocycles. The van der Waals surface area contributed by atoms with Crippen LogP contribution in [0.5, 0.6) is 0 Å². The molecule has 3 rings (SSSR count). The monoisotopic (exact) mass is 454 g/mol. The highest BCUT2D eigenvalue weighted by molar-refractivity contribution is 8.01. The molecule has 30 heavy (non-hydrogen) atoms. The van der Waals surface area contributed by atoms with Gasteiger partial charge in [-0.2, -0.15) is 0 Å². The SMILES string of the molecule is CC(O)(CC=C[C@H]1COC(=O)N1CCSc1nc(C(=O)O)cs1)CC1CCCCC1. The lowest BCUT2D eigenvalue weighted by atomic mass is 9.80. The van der Waals surface area contributed by atoms with Crippen molar-refractivity contribution in [3.8, 4) is 0 Å². The van der Waals surface area contributed by atoms with Crippen LogP contribution >= 0.6 is 23.1 Å². The zero-order valence-electron chi connectivity index (χ0n) is 17.3. The smallest absolute Gasteiger partial charge is 0.410 e. The van der Waals surface area contributed by atoms with Crippen LogP contribution in [-0.4, -0.2) is 62.7 Å². The summed E-state index contributed by atoms with van der Waals surface area (Å²) >= 11 is 2.71. The first-order valence-electron chi connectivity index (χ1n) is 10.5. The summed E-state index contributed by atoms with van der Waals surface area (Å²) in [6.45, 7) is 2.69. The fourth-order valence-electron chi connectivity index (χ4n) is 4.11. The number of carbonyl (C=O) groups excluding carboxylic acids is 1. The van der Waals surface area contributed by atoms with E-state index in [-0.39, 0.29) is 17.8 Å². The van der Waals surface area contributed by atoms with E-state index in [2.05, 4.69) is 4.98 Å². The first-order valence-corrected chi connectivity index (χ1v) is 12.3. The molecule has 0 bridgehead atoms. The Labute approximate surface area is 185 Å². The van der Waals surface area contributed by atoms with Gasteiger partial charge in [-0.3, -0.25) is 4.90 Å². The van der Waals surface area contributed by atoms with Gasteiger partial charge in [0.25, 0.3) is 0 Å². The van der Waals surface area contributed by atoms with Gasteiger partial charge in [0.15, 0.2) is 10.0 Å². The fraction of sp³-hybridized carbons (Fsp3) is 0.667. The molecule has 1 saturated heterocycles. The number of aliphatic hydroxyl groups is 1. The highest BCUT2D eigenvalue weighted by Crippen LogP contribution is 2.32. The number of amides is 1. The molecule has 9 heteroatoms. The van der Waals surface area contributed by atoms with Gasteiger partial charge in [-0.05, 0) is 25.7 Å². The summed E-state index contributed by atoms with van der Waals surface area (Å²) in [5.74, 6) is 0.177. The Hall–Kier alpha value is -1.58. The van der Waals surface area contributed by atoms with Gasteiger partial charge in [0.2, 0.25) is 0 Å². The molecule has 1 saturated carbocycles. The van der Waals surface area contributed by atoms with Crippen molar-refractivity contribution in [2.75, 3.05) is 18.9 Å². The zero-order chi connectivity index (χ0) is 21.6. The largest absolute Gasteiger partial charge is 0.476 e. The van der Waals surface area contributed by atoms with Crippen LogP contribution in [0.15, 0.2) is 21.9 Å². The molecule has 1 amide bonds. The van der Waals surface area contributed by atoms with Crippen molar-refractivity contribution in [2.24, 2.45) is 5.92 Å². The molecule has 2 fully saturated rings. The number of nitrogens with zero attached hydrogens (tertiary/aromatic N) is 2. The number of hydrogen-bond donors (Lipinski definition) is 2. The van der Waals surface area contributed by atoms with Gasteiger partial charge in [-0.15, -0.1) is 11.3 Å². The van der Waals surface area contributed by atoms with Crippen LogP contribution in [0, 0.1) is 5.92 Å². The zero-order valence-corrected chi connectivity index (χ0v) is 18.9. The standard InChI is InChI=1S/C21H30N2O5S2/c1-21(27,12-15-6-3-2-4-7-15)9-5-8-16-13-28-20(26)23(16)10-11-29-19-22-17(14-30-19)18(24)25/h5,8,14-16,27H,2-4,6-7,9-13H2,1H3,(H,24,25)/t16-,21?/m0/s1. The molecule has 1 aliphatic carbocycles. The molecule has 166 valence electrons. The molecule has 0 radical (unpaired) electrons. The Morgan fingerprint density at radius 1 is 1.43 bits per heavy atom. The second-order valence-electron chi connectivity index (χ2n) is 8.33. The molecule has 0 spiro atoms. The van der Waals surface area contributed by atoms with E-state index in [1.54, 1.807) is 4.90 Å². The Balaban J connectivity index is 1.45. The lowest BCUT2D eigenvalue weighted by molar-refractivity contribution is 0.0303. The van der Waals surface area contributed by atoms with Crippen molar-refractivity contribution in [1.82, 2.24) is 9.88 Å². The number of ether oxygens (including phenoxy) is 1. The number of carbonyl (C=O) groups is 2. The van der Waals surface area contributed by atoms with Crippen molar-refractivity contribution in [3.05, 3.63) is 23.2 Å². The number of carboxylic acids is 1. The van der Waals surface area contributed by atoms with Crippen LogP contribution in [0.25, 0.3) is 0 Å². The van der Waals surface area contributed by atoms with Gasteiger partial charge in [0.1, 0.15) is 6.61 Å². The molecule has 2 atom stereocenters. The average molecular weight is 455 g/mol. The quantitative estimate of drug-likeness (QED) is 0.399. The predicted octanol–water partition coefficient (Wildman–Crippen LogP) is 4.42. The fourth-order valence-corrected chi connectivity index (χ4v) is 5.92. The number of rotatable bonds is 10. The minimum atomic E-state index is -1.04. The van der Waals surface area contributed by atoms with Gasteiger partial charge in [-0.1, -0.05) is 56.0 Å². The lowest BCUT2D eigenvalue weighted by Gasteiger charge is -2.30. The van der Waals surface area contributed by atoms with Gasteiger partial charge in [0.05, 0.1) is 11.6 Å². The van der Waals surface area contributed by atoms with Gasteiger partial charge < -0.3 is 14.9 Å². The third-order valence-electron chi connectivity index (χ3n) is 5.64. The number of thioether (sulfide) groups is 1. The number of hydrogen-bond acceptors (Lipinski definition) is 7. The molecule has 1 aromatic heterocycles. The summed E-state index contributed by atoms with van der Waals surface area (Å²) in [6.07, 6.45) is 11.2. The Morgan fingerprint density at radius 2 is 2.20 bits per heavy atom. The van der Waals surface area contributed by atoms with E-state index < -0.39 is 11.6 Å². The van der Waals surface area contributed by atoms with Crippen molar-refractivity contribution in [3.63, 3.8) is 0 Å². The van der Waals surface area contributed by atoms with Crippen LogP contribution in [0.2, 0.25) is 0 Å². The molecule has 0 aromatic carbocycles. The molecule has 1 aromatic rings. The van der Waals surface area contributed by atoms with Crippen LogP contribution in [-0.2, 0) is 4.74 Å². The maximum Gasteiger partial charge on any atom is 0.410 e. The number of thiazole rings is 1. The number of cyclic esters (lactones) is 1. The van der Waals surface area contributed by atoms with E-state index in [1.165, 1.54) is 60.6 Å². The highest BCUT2D eigenvalue weighted by Gasteiger charge is 2.31. The predicted molar refractivity (Wildman–Crippen MR) is 117 cm³/mol.